The maximum absolute atomic E-state index is 12.0. The Hall–Kier alpha value is -2.35. The van der Waals surface area contributed by atoms with Crippen molar-refractivity contribution in [3.8, 4) is 0 Å². The van der Waals surface area contributed by atoms with Crippen LogP contribution in [0.5, 0.6) is 0 Å². The Labute approximate surface area is 126 Å². The fourth-order valence-corrected chi connectivity index (χ4v) is 2.45. The molecule has 2 aromatic carbocycles. The number of benzene rings is 2. The molecule has 21 heavy (non-hydrogen) atoms. The highest BCUT2D eigenvalue weighted by Crippen LogP contribution is 2.24. The molecule has 0 fully saturated rings. The van der Waals surface area contributed by atoms with Crippen molar-refractivity contribution in [3.05, 3.63) is 77.4 Å². The van der Waals surface area contributed by atoms with Gasteiger partial charge in [-0.2, -0.15) is 0 Å². The Morgan fingerprint density at radius 3 is 2.33 bits per heavy atom. The highest BCUT2D eigenvalue weighted by atomic mass is 16.2. The summed E-state index contributed by atoms with van der Waals surface area (Å²) in [5.74, 6) is 0.00354. The van der Waals surface area contributed by atoms with Crippen LogP contribution in [0, 0.1) is 13.8 Å². The number of hydrogen-bond acceptors (Lipinski definition) is 1. The summed E-state index contributed by atoms with van der Waals surface area (Å²) in [4.78, 5) is 13.7. The Bertz CT molecular complexity index is 659. The minimum absolute atomic E-state index is 0.00354. The van der Waals surface area contributed by atoms with Crippen molar-refractivity contribution in [3.63, 3.8) is 0 Å². The molecular weight excluding hydrogens is 258 g/mol. The average Bonchev–Trinajstić information content (AvgIpc) is 2.45. The highest BCUT2D eigenvalue weighted by molar-refractivity contribution is 5.85. The first-order valence-corrected chi connectivity index (χ1v) is 7.07. The fraction of sp³-hybridized carbons (Fsp3) is 0.211. The minimum Gasteiger partial charge on any atom is -0.308 e. The molecular formula is C19H21NO. The quantitative estimate of drug-likeness (QED) is 0.816. The van der Waals surface area contributed by atoms with Crippen molar-refractivity contribution < 1.29 is 4.79 Å². The third-order valence-electron chi connectivity index (χ3n) is 3.58. The first-order valence-electron chi connectivity index (χ1n) is 7.07. The molecule has 0 atom stereocenters. The zero-order valence-electron chi connectivity index (χ0n) is 12.9. The number of amides is 1. The number of carbonyl (C=O) groups is 1. The van der Waals surface area contributed by atoms with E-state index in [1.807, 2.05) is 49.4 Å². The summed E-state index contributed by atoms with van der Waals surface area (Å²) < 4.78 is 0. The van der Waals surface area contributed by atoms with E-state index in [-0.39, 0.29) is 5.91 Å². The van der Waals surface area contributed by atoms with Crippen LogP contribution < -0.4 is 0 Å². The maximum Gasteiger partial charge on any atom is 0.224 e. The van der Waals surface area contributed by atoms with Crippen LogP contribution in [0.4, 0.5) is 0 Å². The van der Waals surface area contributed by atoms with Crippen molar-refractivity contribution in [2.24, 2.45) is 0 Å². The number of aryl methyl sites for hydroxylation is 2. The van der Waals surface area contributed by atoms with Gasteiger partial charge in [-0.05, 0) is 25.0 Å². The van der Waals surface area contributed by atoms with E-state index in [0.29, 0.717) is 6.54 Å². The average molecular weight is 279 g/mol. The third-order valence-corrected chi connectivity index (χ3v) is 3.58. The summed E-state index contributed by atoms with van der Waals surface area (Å²) in [7, 11) is 0. The monoisotopic (exact) mass is 279 g/mol. The molecule has 2 aromatic rings. The predicted molar refractivity (Wildman–Crippen MR) is 87.6 cm³/mol. The van der Waals surface area contributed by atoms with Gasteiger partial charge in [0.2, 0.25) is 5.91 Å². The molecule has 2 rings (SSSR count). The molecule has 2 nitrogen and oxygen atoms in total. The number of hydrogen-bond donors (Lipinski definition) is 0. The van der Waals surface area contributed by atoms with Crippen LogP contribution in [0.2, 0.25) is 0 Å². The van der Waals surface area contributed by atoms with Gasteiger partial charge in [-0.15, -0.1) is 0 Å². The normalized spacial score (nSPS) is 10.2. The maximum atomic E-state index is 12.0. The molecule has 0 N–H and O–H groups in total. The van der Waals surface area contributed by atoms with Gasteiger partial charge in [0.15, 0.2) is 0 Å². The van der Waals surface area contributed by atoms with Crippen LogP contribution in [-0.4, -0.2) is 10.8 Å². The zero-order valence-corrected chi connectivity index (χ0v) is 12.9. The van der Waals surface area contributed by atoms with Crippen LogP contribution >= 0.6 is 0 Å². The molecule has 2 heteroatoms. The van der Waals surface area contributed by atoms with E-state index in [1.54, 1.807) is 11.8 Å². The van der Waals surface area contributed by atoms with Gasteiger partial charge in [0, 0.05) is 18.2 Å². The molecule has 0 saturated heterocycles. The van der Waals surface area contributed by atoms with Crippen LogP contribution in [0.25, 0.3) is 5.70 Å². The number of carbonyl (C=O) groups excluding carboxylic acids is 1. The lowest BCUT2D eigenvalue weighted by atomic mass is 10.0. The largest absolute Gasteiger partial charge is 0.308 e. The molecule has 0 spiro atoms. The summed E-state index contributed by atoms with van der Waals surface area (Å²) in [6.45, 7) is 10.4. The predicted octanol–water partition coefficient (Wildman–Crippen LogP) is 4.32. The lowest BCUT2D eigenvalue weighted by molar-refractivity contribution is -0.126. The molecule has 1 amide bonds. The summed E-state index contributed by atoms with van der Waals surface area (Å²) in [5, 5.41) is 0. The summed E-state index contributed by atoms with van der Waals surface area (Å²) in [5.41, 5.74) is 5.22. The van der Waals surface area contributed by atoms with Crippen molar-refractivity contribution in [1.29, 1.82) is 0 Å². The van der Waals surface area contributed by atoms with E-state index in [0.717, 1.165) is 22.4 Å². The second-order valence-corrected chi connectivity index (χ2v) is 5.36. The van der Waals surface area contributed by atoms with Gasteiger partial charge in [0.25, 0.3) is 0 Å². The molecule has 0 bridgehead atoms. The van der Waals surface area contributed by atoms with Gasteiger partial charge in [-0.1, -0.05) is 60.7 Å². The Balaban J connectivity index is 2.30. The molecule has 0 unspecified atom stereocenters. The van der Waals surface area contributed by atoms with Gasteiger partial charge in [0.1, 0.15) is 0 Å². The minimum atomic E-state index is 0.00354. The second-order valence-electron chi connectivity index (χ2n) is 5.36. The standard InChI is InChI=1S/C19H21NO/c1-14-10-11-19(15(2)12-14)16(3)20(17(4)21)13-18-8-6-5-7-9-18/h5-12H,3,13H2,1-2,4H3. The molecule has 0 heterocycles. The van der Waals surface area contributed by atoms with E-state index >= 15 is 0 Å². The highest BCUT2D eigenvalue weighted by Gasteiger charge is 2.16. The second kappa shape index (κ2) is 6.40. The number of nitrogens with zero attached hydrogens (tertiary/aromatic N) is 1. The zero-order chi connectivity index (χ0) is 15.4. The smallest absolute Gasteiger partial charge is 0.224 e. The molecule has 0 aromatic heterocycles. The Morgan fingerprint density at radius 1 is 1.10 bits per heavy atom. The van der Waals surface area contributed by atoms with Gasteiger partial charge in [-0.3, -0.25) is 4.79 Å². The summed E-state index contributed by atoms with van der Waals surface area (Å²) >= 11 is 0. The SMILES string of the molecule is C=C(c1ccc(C)cc1C)N(Cc1ccccc1)C(C)=O. The van der Waals surface area contributed by atoms with Gasteiger partial charge in [-0.25, -0.2) is 0 Å². The molecule has 0 radical (unpaired) electrons. The fourth-order valence-electron chi connectivity index (χ4n) is 2.45. The third kappa shape index (κ3) is 3.60. The Morgan fingerprint density at radius 2 is 1.76 bits per heavy atom. The summed E-state index contributed by atoms with van der Waals surface area (Å²) in [6.07, 6.45) is 0. The van der Waals surface area contributed by atoms with Crippen molar-refractivity contribution in [1.82, 2.24) is 4.90 Å². The van der Waals surface area contributed by atoms with E-state index < -0.39 is 0 Å². The lowest BCUT2D eigenvalue weighted by Gasteiger charge is -2.25. The van der Waals surface area contributed by atoms with E-state index in [4.69, 9.17) is 0 Å². The topological polar surface area (TPSA) is 20.3 Å². The van der Waals surface area contributed by atoms with Crippen LogP contribution in [0.3, 0.4) is 0 Å². The lowest BCUT2D eigenvalue weighted by Crippen LogP contribution is -2.26. The Kier molecular flexibility index (Phi) is 4.59. The van der Waals surface area contributed by atoms with Crippen molar-refractivity contribution in [2.45, 2.75) is 27.3 Å². The molecule has 0 saturated carbocycles. The summed E-state index contributed by atoms with van der Waals surface area (Å²) in [6, 6.07) is 16.2. The van der Waals surface area contributed by atoms with Gasteiger partial charge < -0.3 is 4.90 Å². The molecule has 0 aliphatic heterocycles. The van der Waals surface area contributed by atoms with Crippen molar-refractivity contribution >= 4 is 11.6 Å². The molecule has 108 valence electrons. The van der Waals surface area contributed by atoms with E-state index in [1.165, 1.54) is 5.56 Å². The first-order chi connectivity index (χ1) is 9.99. The van der Waals surface area contributed by atoms with E-state index in [9.17, 15) is 4.79 Å². The van der Waals surface area contributed by atoms with Gasteiger partial charge >= 0.3 is 0 Å². The van der Waals surface area contributed by atoms with Crippen LogP contribution in [0.15, 0.2) is 55.1 Å². The molecule has 0 aliphatic rings. The number of rotatable bonds is 4. The van der Waals surface area contributed by atoms with Crippen LogP contribution in [0.1, 0.15) is 29.2 Å². The van der Waals surface area contributed by atoms with E-state index in [2.05, 4.69) is 19.6 Å². The van der Waals surface area contributed by atoms with Gasteiger partial charge in [0.05, 0.1) is 6.54 Å². The first kappa shape index (κ1) is 15.0. The van der Waals surface area contributed by atoms with Crippen molar-refractivity contribution in [2.75, 3.05) is 0 Å². The van der Waals surface area contributed by atoms with Crippen LogP contribution in [-0.2, 0) is 11.3 Å². The molecule has 0 aliphatic carbocycles.